The second-order valence-corrected chi connectivity index (χ2v) is 4.53. The van der Waals surface area contributed by atoms with E-state index in [1.807, 2.05) is 0 Å². The summed E-state index contributed by atoms with van der Waals surface area (Å²) in [4.78, 5) is 4.80. The molecule has 1 saturated carbocycles. The fraction of sp³-hybridized carbons (Fsp3) is 0.417. The Balaban J connectivity index is 1.89. The molecule has 0 heterocycles. The normalized spacial score (nSPS) is 19.1. The maximum atomic E-state index is 13.3. The van der Waals surface area contributed by atoms with Gasteiger partial charge in [0.25, 0.3) is 0 Å². The molecule has 1 aliphatic rings. The molecule has 19 heavy (non-hydrogen) atoms. The number of halogens is 4. The summed E-state index contributed by atoms with van der Waals surface area (Å²) in [5, 5.41) is 3.44. The van der Waals surface area contributed by atoms with Gasteiger partial charge in [-0.05, 0) is 12.1 Å². The van der Waals surface area contributed by atoms with Gasteiger partial charge in [-0.2, -0.15) is 0 Å². The van der Waals surface area contributed by atoms with Crippen molar-refractivity contribution in [1.29, 1.82) is 0 Å². The quantitative estimate of drug-likeness (QED) is 0.398. The van der Waals surface area contributed by atoms with Gasteiger partial charge in [0.2, 0.25) is 5.92 Å². The lowest BCUT2D eigenvalue weighted by molar-refractivity contribution is -0.128. The fourth-order valence-electron chi connectivity index (χ4n) is 1.86. The molecule has 0 saturated heterocycles. The van der Waals surface area contributed by atoms with Gasteiger partial charge in [0.05, 0.1) is 5.56 Å². The van der Waals surface area contributed by atoms with Crippen molar-refractivity contribution in [2.24, 2.45) is 16.8 Å². The Bertz CT molecular complexity index is 497. The first-order valence-corrected chi connectivity index (χ1v) is 5.66. The van der Waals surface area contributed by atoms with Crippen molar-refractivity contribution in [3.05, 3.63) is 35.4 Å². The molecule has 0 bridgehead atoms. The number of rotatable bonds is 4. The van der Waals surface area contributed by atoms with Gasteiger partial charge < -0.3 is 10.6 Å². The Morgan fingerprint density at radius 1 is 1.37 bits per heavy atom. The summed E-state index contributed by atoms with van der Waals surface area (Å²) in [6.07, 6.45) is -0.485. The third-order valence-corrected chi connectivity index (χ3v) is 2.85. The molecule has 0 amide bonds. The topological polar surface area (TPSA) is 47.6 Å². The number of nitrogens with zero attached hydrogens (tertiary/aromatic N) is 1. The van der Waals surface area contributed by atoms with Gasteiger partial charge in [0.15, 0.2) is 5.84 Å². The summed E-state index contributed by atoms with van der Waals surface area (Å²) in [5.74, 6) is -4.74. The van der Waals surface area contributed by atoms with E-state index in [1.165, 1.54) is 0 Å². The number of amidine groups is 1. The van der Waals surface area contributed by atoms with Gasteiger partial charge in [-0.15, -0.1) is 0 Å². The Hall–Kier alpha value is -1.79. The molecule has 0 aliphatic heterocycles. The zero-order chi connectivity index (χ0) is 14.0. The van der Waals surface area contributed by atoms with Gasteiger partial charge in [0, 0.05) is 24.8 Å². The van der Waals surface area contributed by atoms with Crippen molar-refractivity contribution in [1.82, 2.24) is 0 Å². The minimum atomic E-state index is -2.62. The van der Waals surface area contributed by atoms with E-state index in [4.69, 9.17) is 10.6 Å². The number of oxime groups is 1. The summed E-state index contributed by atoms with van der Waals surface area (Å²) in [7, 11) is 0. The van der Waals surface area contributed by atoms with Crippen molar-refractivity contribution < 1.29 is 22.4 Å². The van der Waals surface area contributed by atoms with Gasteiger partial charge in [-0.25, -0.2) is 17.6 Å². The van der Waals surface area contributed by atoms with Crippen LogP contribution in [0.15, 0.2) is 23.4 Å². The molecule has 104 valence electrons. The highest BCUT2D eigenvalue weighted by Crippen LogP contribution is 2.42. The van der Waals surface area contributed by atoms with Crippen molar-refractivity contribution >= 4 is 5.84 Å². The van der Waals surface area contributed by atoms with Crippen LogP contribution in [-0.4, -0.2) is 18.4 Å². The maximum Gasteiger partial charge on any atom is 0.248 e. The summed E-state index contributed by atoms with van der Waals surface area (Å²) >= 11 is 0. The molecular formula is C12H12F4N2O. The van der Waals surface area contributed by atoms with E-state index >= 15 is 0 Å². The molecule has 2 N–H and O–H groups in total. The minimum absolute atomic E-state index is 0.000889. The molecule has 1 aliphatic carbocycles. The van der Waals surface area contributed by atoms with Crippen molar-refractivity contribution in [2.45, 2.75) is 18.8 Å². The summed E-state index contributed by atoms with van der Waals surface area (Å²) in [6, 6.07) is 2.84. The van der Waals surface area contributed by atoms with Crippen molar-refractivity contribution in [3.8, 4) is 0 Å². The van der Waals surface area contributed by atoms with E-state index in [0.717, 1.165) is 12.1 Å². The number of benzene rings is 1. The van der Waals surface area contributed by atoms with Crippen LogP contribution in [0.4, 0.5) is 17.6 Å². The Kier molecular flexibility index (Phi) is 3.64. The summed E-state index contributed by atoms with van der Waals surface area (Å²) in [6.45, 7) is -0.000889. The van der Waals surface area contributed by atoms with E-state index in [2.05, 4.69) is 5.16 Å². The lowest BCUT2D eigenvalue weighted by Gasteiger charge is -2.33. The highest BCUT2D eigenvalue weighted by atomic mass is 19.3. The molecule has 0 atom stereocenters. The monoisotopic (exact) mass is 276 g/mol. The second-order valence-electron chi connectivity index (χ2n) is 4.53. The van der Waals surface area contributed by atoms with Gasteiger partial charge in [-0.1, -0.05) is 5.16 Å². The summed E-state index contributed by atoms with van der Waals surface area (Å²) in [5.41, 5.74) is 5.36. The number of hydrogen-bond donors (Lipinski definition) is 1. The van der Waals surface area contributed by atoms with E-state index < -0.39 is 17.6 Å². The van der Waals surface area contributed by atoms with Crippen LogP contribution in [0.1, 0.15) is 18.4 Å². The van der Waals surface area contributed by atoms with Gasteiger partial charge >= 0.3 is 0 Å². The summed E-state index contributed by atoms with van der Waals surface area (Å²) < 4.78 is 51.0. The predicted octanol–water partition coefficient (Wildman–Crippen LogP) is 2.65. The van der Waals surface area contributed by atoms with Crippen LogP contribution in [0.2, 0.25) is 0 Å². The van der Waals surface area contributed by atoms with Crippen LogP contribution < -0.4 is 5.73 Å². The van der Waals surface area contributed by atoms with Crippen molar-refractivity contribution in [3.63, 3.8) is 0 Å². The first kappa shape index (κ1) is 13.6. The SMILES string of the molecule is N/C(=N\OCC1CC(F)(F)C1)c1ccc(F)cc1F. The molecule has 1 aromatic rings. The number of nitrogens with two attached hydrogens (primary N) is 1. The van der Waals surface area contributed by atoms with E-state index in [0.29, 0.717) is 6.07 Å². The fourth-order valence-corrected chi connectivity index (χ4v) is 1.86. The lowest BCUT2D eigenvalue weighted by Crippen LogP contribution is -2.37. The molecule has 7 heteroatoms. The van der Waals surface area contributed by atoms with Crippen LogP contribution in [0.3, 0.4) is 0 Å². The molecular weight excluding hydrogens is 264 g/mol. The average molecular weight is 276 g/mol. The standard InChI is InChI=1S/C12H12F4N2O/c13-8-1-2-9(10(14)3-8)11(17)18-19-6-7-4-12(15,16)5-7/h1-3,7H,4-6H2,(H2,17,18). The maximum absolute atomic E-state index is 13.3. The van der Waals surface area contributed by atoms with E-state index in [1.54, 1.807) is 0 Å². The zero-order valence-electron chi connectivity index (χ0n) is 9.88. The molecule has 1 fully saturated rings. The minimum Gasteiger partial charge on any atom is -0.394 e. The molecule has 1 aromatic carbocycles. The Morgan fingerprint density at radius 2 is 2.05 bits per heavy atom. The molecule has 0 spiro atoms. The first-order valence-electron chi connectivity index (χ1n) is 5.66. The van der Waals surface area contributed by atoms with Crippen LogP contribution in [0.5, 0.6) is 0 Å². The lowest BCUT2D eigenvalue weighted by atomic mass is 9.82. The van der Waals surface area contributed by atoms with Crippen LogP contribution in [-0.2, 0) is 4.84 Å². The average Bonchev–Trinajstić information content (AvgIpc) is 2.26. The van der Waals surface area contributed by atoms with E-state index in [-0.39, 0.29) is 36.8 Å². The number of hydrogen-bond acceptors (Lipinski definition) is 2. The molecule has 0 aromatic heterocycles. The largest absolute Gasteiger partial charge is 0.394 e. The van der Waals surface area contributed by atoms with Gasteiger partial charge in [-0.3, -0.25) is 0 Å². The molecule has 3 nitrogen and oxygen atoms in total. The highest BCUT2D eigenvalue weighted by Gasteiger charge is 2.45. The number of alkyl halides is 2. The smallest absolute Gasteiger partial charge is 0.248 e. The predicted molar refractivity (Wildman–Crippen MR) is 60.7 cm³/mol. The van der Waals surface area contributed by atoms with Gasteiger partial charge in [0.1, 0.15) is 18.2 Å². The third kappa shape index (κ3) is 3.36. The van der Waals surface area contributed by atoms with Crippen LogP contribution >= 0.6 is 0 Å². The van der Waals surface area contributed by atoms with Crippen LogP contribution in [0.25, 0.3) is 0 Å². The molecule has 0 unspecified atom stereocenters. The zero-order valence-corrected chi connectivity index (χ0v) is 9.88. The second kappa shape index (κ2) is 5.07. The Labute approximate surface area is 107 Å². The van der Waals surface area contributed by atoms with Crippen LogP contribution in [0, 0.1) is 17.6 Å². The first-order chi connectivity index (χ1) is 8.87. The Morgan fingerprint density at radius 3 is 2.63 bits per heavy atom. The highest BCUT2D eigenvalue weighted by molar-refractivity contribution is 5.97. The third-order valence-electron chi connectivity index (χ3n) is 2.85. The van der Waals surface area contributed by atoms with Crippen molar-refractivity contribution in [2.75, 3.05) is 6.61 Å². The molecule has 0 radical (unpaired) electrons. The molecule has 2 rings (SSSR count). The van der Waals surface area contributed by atoms with E-state index in [9.17, 15) is 17.6 Å².